The van der Waals surface area contributed by atoms with Crippen LogP contribution in [0.2, 0.25) is 0 Å². The van der Waals surface area contributed by atoms with E-state index in [9.17, 15) is 5.11 Å². The van der Waals surface area contributed by atoms with E-state index in [-0.39, 0.29) is 5.41 Å². The second-order valence-corrected chi connectivity index (χ2v) is 8.96. The number of allylic oxidation sites excluding steroid dienone is 1. The van der Waals surface area contributed by atoms with Crippen LogP contribution in [0.4, 0.5) is 0 Å². The zero-order chi connectivity index (χ0) is 14.9. The molecule has 4 aliphatic rings. The van der Waals surface area contributed by atoms with Gasteiger partial charge in [0.25, 0.3) is 0 Å². The van der Waals surface area contributed by atoms with Gasteiger partial charge in [-0.05, 0) is 73.7 Å². The lowest BCUT2D eigenvalue weighted by Gasteiger charge is -2.59. The van der Waals surface area contributed by atoms with Gasteiger partial charge >= 0.3 is 0 Å². The summed E-state index contributed by atoms with van der Waals surface area (Å²) >= 11 is 0. The molecule has 0 aromatic heterocycles. The van der Waals surface area contributed by atoms with Gasteiger partial charge in [-0.25, -0.2) is 0 Å². The average molecular weight is 290 g/mol. The molecule has 6 atom stereocenters. The van der Waals surface area contributed by atoms with Gasteiger partial charge in [-0.3, -0.25) is 0 Å². The molecule has 4 rings (SSSR count). The molecule has 0 aromatic rings. The van der Waals surface area contributed by atoms with Crippen LogP contribution in [0.1, 0.15) is 65.7 Å². The van der Waals surface area contributed by atoms with E-state index in [2.05, 4.69) is 26.8 Å². The van der Waals surface area contributed by atoms with Crippen molar-refractivity contribution in [3.63, 3.8) is 0 Å². The van der Waals surface area contributed by atoms with Crippen LogP contribution in [-0.4, -0.2) is 23.4 Å². The highest BCUT2D eigenvalue weighted by atomic mass is 16.5. The summed E-state index contributed by atoms with van der Waals surface area (Å²) in [6, 6.07) is 0. The van der Waals surface area contributed by atoms with E-state index in [0.717, 1.165) is 19.4 Å². The maximum atomic E-state index is 10.9. The second kappa shape index (κ2) is 4.35. The van der Waals surface area contributed by atoms with Crippen molar-refractivity contribution in [1.29, 1.82) is 0 Å². The first-order valence-electron chi connectivity index (χ1n) is 8.91. The third kappa shape index (κ3) is 1.84. The van der Waals surface area contributed by atoms with Gasteiger partial charge in [0.2, 0.25) is 0 Å². The van der Waals surface area contributed by atoms with Gasteiger partial charge in [-0.1, -0.05) is 26.3 Å². The Morgan fingerprint density at radius 1 is 1.14 bits per heavy atom. The standard InChI is InChI=1S/C19H30O2/c1-17-10-7-14-13(16(17)21-12-11-17)5-6-15-18(14,2)8-4-9-19(15,3)20/h5,14-16,20H,4,6-12H2,1-3H3. The van der Waals surface area contributed by atoms with Crippen LogP contribution in [-0.2, 0) is 4.74 Å². The minimum absolute atomic E-state index is 0.277. The zero-order valence-corrected chi connectivity index (χ0v) is 13.8. The largest absolute Gasteiger partial charge is 0.390 e. The average Bonchev–Trinajstić information content (AvgIpc) is 2.79. The Balaban J connectivity index is 1.74. The van der Waals surface area contributed by atoms with Crippen LogP contribution in [0.3, 0.4) is 0 Å². The molecular formula is C19H30O2. The molecular weight excluding hydrogens is 260 g/mol. The molecule has 1 saturated heterocycles. The molecule has 0 aromatic carbocycles. The van der Waals surface area contributed by atoms with Gasteiger partial charge in [-0.15, -0.1) is 0 Å². The first-order valence-corrected chi connectivity index (χ1v) is 8.91. The molecule has 0 amide bonds. The molecule has 118 valence electrons. The lowest BCUT2D eigenvalue weighted by molar-refractivity contribution is -0.126. The number of rotatable bonds is 0. The number of fused-ring (bicyclic) bond motifs is 5. The highest BCUT2D eigenvalue weighted by molar-refractivity contribution is 5.29. The molecule has 2 heteroatoms. The van der Waals surface area contributed by atoms with E-state index in [1.54, 1.807) is 5.57 Å². The lowest BCUT2D eigenvalue weighted by Crippen LogP contribution is -2.56. The minimum atomic E-state index is -0.480. The van der Waals surface area contributed by atoms with Crippen molar-refractivity contribution in [2.24, 2.45) is 22.7 Å². The maximum absolute atomic E-state index is 10.9. The van der Waals surface area contributed by atoms with E-state index in [1.807, 2.05) is 0 Å². The predicted octanol–water partition coefficient (Wildman–Crippen LogP) is 4.08. The van der Waals surface area contributed by atoms with Crippen LogP contribution >= 0.6 is 0 Å². The summed E-state index contributed by atoms with van der Waals surface area (Å²) in [4.78, 5) is 0. The Kier molecular flexibility index (Phi) is 2.96. The SMILES string of the molecule is CC1(O)CCCC2(C)C3CCC4(C)CCOC4C3=CCC12. The second-order valence-electron chi connectivity index (χ2n) is 8.96. The van der Waals surface area contributed by atoms with E-state index >= 15 is 0 Å². The molecule has 2 nitrogen and oxygen atoms in total. The summed E-state index contributed by atoms with van der Waals surface area (Å²) in [5.41, 5.74) is 1.77. The Hall–Kier alpha value is -0.340. The number of hydrogen-bond acceptors (Lipinski definition) is 2. The molecule has 6 unspecified atom stereocenters. The van der Waals surface area contributed by atoms with E-state index < -0.39 is 5.60 Å². The van der Waals surface area contributed by atoms with Gasteiger partial charge in [0.1, 0.15) is 0 Å². The van der Waals surface area contributed by atoms with Crippen molar-refractivity contribution in [3.05, 3.63) is 11.6 Å². The lowest BCUT2D eigenvalue weighted by atomic mass is 9.47. The van der Waals surface area contributed by atoms with Crippen molar-refractivity contribution in [1.82, 2.24) is 0 Å². The van der Waals surface area contributed by atoms with Gasteiger partial charge in [0.15, 0.2) is 0 Å². The number of hydrogen-bond donors (Lipinski definition) is 1. The number of ether oxygens (including phenoxy) is 1. The first-order chi connectivity index (χ1) is 9.87. The highest BCUT2D eigenvalue weighted by Crippen LogP contribution is 2.63. The highest BCUT2D eigenvalue weighted by Gasteiger charge is 2.58. The van der Waals surface area contributed by atoms with Crippen molar-refractivity contribution in [2.45, 2.75) is 77.4 Å². The molecule has 1 heterocycles. The van der Waals surface area contributed by atoms with Crippen LogP contribution in [0.5, 0.6) is 0 Å². The van der Waals surface area contributed by atoms with Crippen LogP contribution < -0.4 is 0 Å². The Labute approximate surface area is 129 Å². The van der Waals surface area contributed by atoms with Gasteiger partial charge in [0.05, 0.1) is 11.7 Å². The Bertz CT molecular complexity index is 480. The van der Waals surface area contributed by atoms with Crippen molar-refractivity contribution >= 4 is 0 Å². The minimum Gasteiger partial charge on any atom is -0.390 e. The third-order valence-corrected chi connectivity index (χ3v) is 7.63. The summed E-state index contributed by atoms with van der Waals surface area (Å²) < 4.78 is 6.18. The quantitative estimate of drug-likeness (QED) is 0.681. The molecule has 0 bridgehead atoms. The number of aliphatic hydroxyl groups is 1. The van der Waals surface area contributed by atoms with Gasteiger partial charge in [0, 0.05) is 6.61 Å². The molecule has 3 aliphatic carbocycles. The topological polar surface area (TPSA) is 29.5 Å². The molecule has 1 N–H and O–H groups in total. The Morgan fingerprint density at radius 3 is 2.76 bits per heavy atom. The van der Waals surface area contributed by atoms with Crippen LogP contribution in [0.15, 0.2) is 11.6 Å². The summed E-state index contributed by atoms with van der Waals surface area (Å²) in [7, 11) is 0. The van der Waals surface area contributed by atoms with Crippen molar-refractivity contribution in [3.8, 4) is 0 Å². The monoisotopic (exact) mass is 290 g/mol. The summed E-state index contributed by atoms with van der Waals surface area (Å²) in [5.74, 6) is 1.07. The molecule has 0 spiro atoms. The van der Waals surface area contributed by atoms with Crippen LogP contribution in [0, 0.1) is 22.7 Å². The Morgan fingerprint density at radius 2 is 1.95 bits per heavy atom. The summed E-state index contributed by atoms with van der Waals surface area (Å²) in [6.45, 7) is 7.89. The summed E-state index contributed by atoms with van der Waals surface area (Å²) in [5, 5.41) is 10.9. The van der Waals surface area contributed by atoms with E-state index in [1.165, 1.54) is 32.1 Å². The smallest absolute Gasteiger partial charge is 0.0842 e. The summed E-state index contributed by atoms with van der Waals surface area (Å²) in [6.07, 6.45) is 11.1. The fourth-order valence-corrected chi connectivity index (χ4v) is 6.36. The first kappa shape index (κ1) is 14.3. The van der Waals surface area contributed by atoms with Gasteiger partial charge < -0.3 is 9.84 Å². The van der Waals surface area contributed by atoms with E-state index in [0.29, 0.717) is 23.4 Å². The molecule has 1 aliphatic heterocycles. The maximum Gasteiger partial charge on any atom is 0.0842 e. The normalized spacial score (nSPS) is 56.2. The predicted molar refractivity (Wildman–Crippen MR) is 84.0 cm³/mol. The van der Waals surface area contributed by atoms with Crippen molar-refractivity contribution in [2.75, 3.05) is 6.61 Å². The zero-order valence-electron chi connectivity index (χ0n) is 13.8. The van der Waals surface area contributed by atoms with E-state index in [4.69, 9.17) is 4.74 Å². The molecule has 21 heavy (non-hydrogen) atoms. The van der Waals surface area contributed by atoms with Crippen molar-refractivity contribution < 1.29 is 9.84 Å². The molecule has 0 radical (unpaired) electrons. The van der Waals surface area contributed by atoms with Crippen LogP contribution in [0.25, 0.3) is 0 Å². The van der Waals surface area contributed by atoms with Gasteiger partial charge in [-0.2, -0.15) is 0 Å². The molecule has 2 saturated carbocycles. The fourth-order valence-electron chi connectivity index (χ4n) is 6.36. The fraction of sp³-hybridized carbons (Fsp3) is 0.895. The molecule has 3 fully saturated rings. The third-order valence-electron chi connectivity index (χ3n) is 7.63.